The Hall–Kier alpha value is -5.36. The maximum Gasteiger partial charge on any atom is 0.271 e. The van der Waals surface area contributed by atoms with E-state index in [9.17, 15) is 9.59 Å². The lowest BCUT2D eigenvalue weighted by molar-refractivity contribution is 0.00718. The number of aldehydes is 1. The van der Waals surface area contributed by atoms with E-state index >= 15 is 0 Å². The Morgan fingerprint density at radius 1 is 1.07 bits per heavy atom. The van der Waals surface area contributed by atoms with Gasteiger partial charge in [-0.25, -0.2) is 19.5 Å². The SMILES string of the molecule is COc1ccc(CN(C)c2cc(N3CCc4c(-c5ncc(C=O)cn5)cccc43)nn3c(C(=O)N[C@@H]4CC[C@H]4OC)cnc23)cc1. The molecule has 2 atom stereocenters. The number of imidazole rings is 1. The zero-order chi connectivity index (χ0) is 31.8. The van der Waals surface area contributed by atoms with Gasteiger partial charge in [-0.15, -0.1) is 5.10 Å². The smallest absolute Gasteiger partial charge is 0.271 e. The first-order valence-electron chi connectivity index (χ1n) is 15.2. The molecular formula is C34H34N8O4. The van der Waals surface area contributed by atoms with Crippen molar-refractivity contribution >= 4 is 35.0 Å². The van der Waals surface area contributed by atoms with Gasteiger partial charge in [0.2, 0.25) is 0 Å². The van der Waals surface area contributed by atoms with Crippen LogP contribution in [0.4, 0.5) is 17.2 Å². The fraction of sp³-hybridized carbons (Fsp3) is 0.294. The lowest BCUT2D eigenvalue weighted by Gasteiger charge is -2.35. The van der Waals surface area contributed by atoms with Gasteiger partial charge < -0.3 is 24.6 Å². The van der Waals surface area contributed by atoms with E-state index in [1.54, 1.807) is 24.9 Å². The second kappa shape index (κ2) is 12.2. The molecule has 1 N–H and O–H groups in total. The van der Waals surface area contributed by atoms with E-state index in [0.29, 0.717) is 41.6 Å². The largest absolute Gasteiger partial charge is 0.497 e. The lowest BCUT2D eigenvalue weighted by atomic mass is 9.89. The summed E-state index contributed by atoms with van der Waals surface area (Å²) in [5, 5.41) is 8.11. The number of benzene rings is 2. The van der Waals surface area contributed by atoms with E-state index in [-0.39, 0.29) is 18.1 Å². The third-order valence-electron chi connectivity index (χ3n) is 8.84. The van der Waals surface area contributed by atoms with Crippen molar-refractivity contribution in [2.45, 2.75) is 38.0 Å². The van der Waals surface area contributed by atoms with Gasteiger partial charge in [-0.2, -0.15) is 0 Å². The first-order valence-corrected chi connectivity index (χ1v) is 15.2. The number of hydrogen-bond acceptors (Lipinski definition) is 10. The van der Waals surface area contributed by atoms with Crippen molar-refractivity contribution in [1.82, 2.24) is 29.9 Å². The van der Waals surface area contributed by atoms with Crippen LogP contribution in [0.1, 0.15) is 44.8 Å². The molecule has 12 nitrogen and oxygen atoms in total. The molecule has 1 aliphatic heterocycles. The van der Waals surface area contributed by atoms with Gasteiger partial charge in [0.25, 0.3) is 5.91 Å². The molecule has 0 spiro atoms. The first-order chi connectivity index (χ1) is 22.5. The summed E-state index contributed by atoms with van der Waals surface area (Å²) in [5.41, 5.74) is 6.28. The number of hydrogen-bond donors (Lipinski definition) is 1. The van der Waals surface area contributed by atoms with Crippen LogP contribution in [0.15, 0.2) is 67.1 Å². The van der Waals surface area contributed by atoms with Gasteiger partial charge >= 0.3 is 0 Å². The van der Waals surface area contributed by atoms with E-state index in [0.717, 1.165) is 59.4 Å². The highest BCUT2D eigenvalue weighted by Gasteiger charge is 2.33. The molecule has 0 unspecified atom stereocenters. The minimum absolute atomic E-state index is 0.00626. The molecule has 0 bridgehead atoms. The van der Waals surface area contributed by atoms with Crippen LogP contribution in [0.3, 0.4) is 0 Å². The number of amides is 1. The number of rotatable bonds is 10. The first kappa shape index (κ1) is 29.4. The van der Waals surface area contributed by atoms with Crippen molar-refractivity contribution in [3.63, 3.8) is 0 Å². The predicted octanol–water partition coefficient (Wildman–Crippen LogP) is 4.25. The van der Waals surface area contributed by atoms with Crippen LogP contribution < -0.4 is 19.9 Å². The molecule has 1 fully saturated rings. The van der Waals surface area contributed by atoms with Crippen LogP contribution in [-0.4, -0.2) is 76.7 Å². The summed E-state index contributed by atoms with van der Waals surface area (Å²) >= 11 is 0. The summed E-state index contributed by atoms with van der Waals surface area (Å²) in [5.74, 6) is 1.80. The van der Waals surface area contributed by atoms with Crippen LogP contribution in [0.2, 0.25) is 0 Å². The Labute approximate surface area is 266 Å². The van der Waals surface area contributed by atoms with Crippen LogP contribution in [0.25, 0.3) is 17.0 Å². The average Bonchev–Trinajstić information content (AvgIpc) is 3.71. The van der Waals surface area contributed by atoms with Crippen LogP contribution >= 0.6 is 0 Å². The maximum absolute atomic E-state index is 13.6. The molecule has 5 aromatic rings. The van der Waals surface area contributed by atoms with E-state index in [1.165, 1.54) is 12.4 Å². The molecule has 46 heavy (non-hydrogen) atoms. The third kappa shape index (κ3) is 5.30. The molecule has 1 amide bonds. The van der Waals surface area contributed by atoms with Crippen LogP contribution in [-0.2, 0) is 17.7 Å². The second-order valence-electron chi connectivity index (χ2n) is 11.6. The maximum atomic E-state index is 13.6. The van der Waals surface area contributed by atoms with Crippen molar-refractivity contribution in [2.75, 3.05) is 37.6 Å². The minimum atomic E-state index is -0.243. The summed E-state index contributed by atoms with van der Waals surface area (Å²) < 4.78 is 12.5. The molecule has 0 saturated heterocycles. The molecule has 2 aromatic carbocycles. The minimum Gasteiger partial charge on any atom is -0.497 e. The number of aromatic nitrogens is 5. The molecule has 2 aliphatic rings. The molecule has 4 heterocycles. The van der Waals surface area contributed by atoms with E-state index in [1.807, 2.05) is 49.5 Å². The number of methoxy groups -OCH3 is 2. The summed E-state index contributed by atoms with van der Waals surface area (Å²) in [4.78, 5) is 42.5. The molecule has 3 aromatic heterocycles. The molecular weight excluding hydrogens is 584 g/mol. The number of anilines is 3. The van der Waals surface area contributed by atoms with Gasteiger partial charge in [-0.05, 0) is 48.6 Å². The summed E-state index contributed by atoms with van der Waals surface area (Å²) in [6.07, 6.45) is 7.92. The number of nitrogens with zero attached hydrogens (tertiary/aromatic N) is 7. The predicted molar refractivity (Wildman–Crippen MR) is 173 cm³/mol. The number of nitrogens with one attached hydrogen (secondary N) is 1. The second-order valence-corrected chi connectivity index (χ2v) is 11.6. The summed E-state index contributed by atoms with van der Waals surface area (Å²) in [7, 11) is 5.33. The van der Waals surface area contributed by atoms with Gasteiger partial charge in [0, 0.05) is 57.0 Å². The standard InChI is InChI=1S/C34H34N8O4/c1-40(19-21-7-9-23(45-2)10-8-21)28-15-31(39-42-29(18-37-33(28)42)34(44)38-26-11-12-30(26)46-3)41-14-13-24-25(5-4-6-27(24)41)32-35-16-22(20-43)17-36-32/h4-10,15-18,20,26,30H,11-14,19H2,1-3H3,(H,38,44)/t26-,30-/m1/s1. The topological polar surface area (TPSA) is 127 Å². The summed E-state index contributed by atoms with van der Waals surface area (Å²) in [6, 6.07) is 16.0. The molecule has 0 radical (unpaired) electrons. The monoisotopic (exact) mass is 618 g/mol. The molecule has 12 heteroatoms. The highest BCUT2D eigenvalue weighted by molar-refractivity contribution is 5.94. The van der Waals surface area contributed by atoms with Gasteiger partial charge in [-0.3, -0.25) is 9.59 Å². The van der Waals surface area contributed by atoms with Gasteiger partial charge in [0.1, 0.15) is 5.75 Å². The van der Waals surface area contributed by atoms with Crippen molar-refractivity contribution in [3.8, 4) is 17.1 Å². The van der Waals surface area contributed by atoms with Gasteiger partial charge in [-0.1, -0.05) is 24.3 Å². The fourth-order valence-corrected chi connectivity index (χ4v) is 6.18. The quantitative estimate of drug-likeness (QED) is 0.227. The van der Waals surface area contributed by atoms with Crippen molar-refractivity contribution < 1.29 is 19.1 Å². The lowest BCUT2D eigenvalue weighted by Crippen LogP contribution is -2.51. The van der Waals surface area contributed by atoms with Crippen LogP contribution in [0, 0.1) is 0 Å². The zero-order valence-corrected chi connectivity index (χ0v) is 25.9. The molecule has 234 valence electrons. The fourth-order valence-electron chi connectivity index (χ4n) is 6.18. The Balaban J connectivity index is 1.28. The Bertz CT molecular complexity index is 1910. The number of carbonyl (C=O) groups is 2. The third-order valence-corrected chi connectivity index (χ3v) is 8.84. The molecule has 1 aliphatic carbocycles. The zero-order valence-electron chi connectivity index (χ0n) is 25.9. The highest BCUT2D eigenvalue weighted by atomic mass is 16.5. The number of fused-ring (bicyclic) bond motifs is 2. The van der Waals surface area contributed by atoms with Crippen molar-refractivity contribution in [3.05, 3.63) is 89.5 Å². The van der Waals surface area contributed by atoms with E-state index < -0.39 is 0 Å². The summed E-state index contributed by atoms with van der Waals surface area (Å²) in [6.45, 7) is 1.27. The normalized spacial score (nSPS) is 17.0. The van der Waals surface area contributed by atoms with Crippen molar-refractivity contribution in [2.24, 2.45) is 0 Å². The van der Waals surface area contributed by atoms with Gasteiger partial charge in [0.15, 0.2) is 29.3 Å². The highest BCUT2D eigenvalue weighted by Crippen LogP contribution is 2.40. The van der Waals surface area contributed by atoms with E-state index in [4.69, 9.17) is 14.6 Å². The molecule has 1 saturated carbocycles. The number of carbonyl (C=O) groups excluding carboxylic acids is 2. The Kier molecular flexibility index (Phi) is 7.79. The molecule has 7 rings (SSSR count). The Morgan fingerprint density at radius 3 is 2.57 bits per heavy atom. The average molecular weight is 619 g/mol. The Morgan fingerprint density at radius 2 is 1.87 bits per heavy atom. The van der Waals surface area contributed by atoms with Crippen molar-refractivity contribution in [1.29, 1.82) is 0 Å². The van der Waals surface area contributed by atoms with E-state index in [2.05, 4.69) is 36.1 Å². The number of ether oxygens (including phenoxy) is 2. The van der Waals surface area contributed by atoms with Gasteiger partial charge in [0.05, 0.1) is 36.7 Å². The van der Waals surface area contributed by atoms with Crippen LogP contribution in [0.5, 0.6) is 5.75 Å².